The summed E-state index contributed by atoms with van der Waals surface area (Å²) in [4.78, 5) is 7.54. The number of benzene rings is 1. The van der Waals surface area contributed by atoms with Crippen LogP contribution in [0.3, 0.4) is 0 Å². The molecule has 1 N–H and O–H groups in total. The van der Waals surface area contributed by atoms with Crippen molar-refractivity contribution in [2.45, 2.75) is 41.2 Å². The number of nitrogens with zero attached hydrogens (tertiary/aromatic N) is 1. The van der Waals surface area contributed by atoms with E-state index in [-0.39, 0.29) is 0 Å². The number of fused-ring (bicyclic) bond motifs is 1. The maximum atomic E-state index is 4.04. The van der Waals surface area contributed by atoms with Gasteiger partial charge in [-0.1, -0.05) is 0 Å². The quantitative estimate of drug-likeness (QED) is 0.755. The van der Waals surface area contributed by atoms with Gasteiger partial charge < -0.3 is 4.98 Å². The highest BCUT2D eigenvalue weighted by molar-refractivity contribution is 5.92. The largest absolute Gasteiger partial charge is 0.358 e. The number of rotatable bonds is 2. The van der Waals surface area contributed by atoms with Crippen molar-refractivity contribution in [3.05, 3.63) is 33.5 Å². The van der Waals surface area contributed by atoms with Crippen LogP contribution in [0.15, 0.2) is 4.99 Å². The summed E-state index contributed by atoms with van der Waals surface area (Å²) in [6, 6.07) is 0. The van der Waals surface area contributed by atoms with Crippen LogP contribution >= 0.6 is 0 Å². The lowest BCUT2D eigenvalue weighted by atomic mass is 9.93. The van der Waals surface area contributed by atoms with Crippen molar-refractivity contribution in [2.75, 3.05) is 0 Å². The summed E-state index contributed by atoms with van der Waals surface area (Å²) in [5.74, 6) is 0. The molecule has 0 aliphatic carbocycles. The summed E-state index contributed by atoms with van der Waals surface area (Å²) in [5, 5.41) is 1.34. The van der Waals surface area contributed by atoms with Crippen LogP contribution in [0.1, 0.15) is 33.5 Å². The monoisotopic (exact) mass is 228 g/mol. The Labute approximate surface area is 103 Å². The van der Waals surface area contributed by atoms with Crippen LogP contribution in [-0.4, -0.2) is 11.7 Å². The number of aryl methyl sites for hydroxylation is 3. The van der Waals surface area contributed by atoms with Crippen molar-refractivity contribution < 1.29 is 0 Å². The molecule has 0 amide bonds. The summed E-state index contributed by atoms with van der Waals surface area (Å²) < 4.78 is 0. The van der Waals surface area contributed by atoms with Crippen molar-refractivity contribution in [1.29, 1.82) is 0 Å². The second-order valence-corrected chi connectivity index (χ2v) is 4.86. The molecule has 0 radical (unpaired) electrons. The Bertz CT molecular complexity index is 603. The number of nitrogens with one attached hydrogen (secondary N) is 1. The zero-order valence-corrected chi connectivity index (χ0v) is 11.4. The normalized spacial score (nSPS) is 11.1. The molecule has 2 heteroatoms. The second-order valence-electron chi connectivity index (χ2n) is 4.86. The van der Waals surface area contributed by atoms with E-state index in [1.807, 2.05) is 0 Å². The molecular weight excluding hydrogens is 208 g/mol. The van der Waals surface area contributed by atoms with E-state index in [0.29, 0.717) is 6.54 Å². The molecule has 90 valence electrons. The maximum Gasteiger partial charge on any atom is 0.0656 e. The summed E-state index contributed by atoms with van der Waals surface area (Å²) >= 11 is 0. The molecule has 0 fully saturated rings. The van der Waals surface area contributed by atoms with Crippen molar-refractivity contribution in [3.8, 4) is 0 Å². The van der Waals surface area contributed by atoms with E-state index < -0.39 is 0 Å². The molecular formula is C15H20N2. The Morgan fingerprint density at radius 3 is 2.12 bits per heavy atom. The van der Waals surface area contributed by atoms with Crippen LogP contribution < -0.4 is 0 Å². The molecule has 0 unspecified atom stereocenters. The van der Waals surface area contributed by atoms with Crippen LogP contribution in [0.4, 0.5) is 0 Å². The predicted octanol–water partition coefficient (Wildman–Crippen LogP) is 3.91. The molecule has 2 nitrogen and oxygen atoms in total. The first-order valence-corrected chi connectivity index (χ1v) is 5.99. The molecule has 1 aromatic carbocycles. The Morgan fingerprint density at radius 1 is 0.941 bits per heavy atom. The van der Waals surface area contributed by atoms with E-state index in [4.69, 9.17) is 0 Å². The van der Waals surface area contributed by atoms with Crippen molar-refractivity contribution in [2.24, 2.45) is 4.99 Å². The van der Waals surface area contributed by atoms with Crippen LogP contribution in [0.25, 0.3) is 10.9 Å². The minimum atomic E-state index is 0.689. The number of aliphatic imine (C=N–C) groups is 1. The van der Waals surface area contributed by atoms with Crippen LogP contribution in [0, 0.1) is 34.6 Å². The van der Waals surface area contributed by atoms with Crippen molar-refractivity contribution in [3.63, 3.8) is 0 Å². The third kappa shape index (κ3) is 1.59. The predicted molar refractivity (Wildman–Crippen MR) is 75.2 cm³/mol. The first-order valence-electron chi connectivity index (χ1n) is 5.99. The van der Waals surface area contributed by atoms with E-state index in [1.165, 1.54) is 44.4 Å². The Hall–Kier alpha value is -1.57. The smallest absolute Gasteiger partial charge is 0.0656 e. The van der Waals surface area contributed by atoms with Gasteiger partial charge in [-0.3, -0.25) is 4.99 Å². The highest BCUT2D eigenvalue weighted by Gasteiger charge is 2.15. The third-order valence-corrected chi connectivity index (χ3v) is 4.02. The lowest BCUT2D eigenvalue weighted by molar-refractivity contribution is 1.06. The highest BCUT2D eigenvalue weighted by Crippen LogP contribution is 2.33. The molecule has 2 aromatic rings. The molecule has 0 saturated heterocycles. The van der Waals surface area contributed by atoms with E-state index in [2.05, 4.69) is 51.3 Å². The van der Waals surface area contributed by atoms with E-state index >= 15 is 0 Å². The van der Waals surface area contributed by atoms with Crippen molar-refractivity contribution in [1.82, 2.24) is 4.98 Å². The molecule has 17 heavy (non-hydrogen) atoms. The highest BCUT2D eigenvalue weighted by atomic mass is 14.8. The lowest BCUT2D eigenvalue weighted by Gasteiger charge is -2.11. The SMILES string of the molecule is C=NCc1c(C)[nH]c2c(C)c(C)c(C)c(C)c12. The maximum absolute atomic E-state index is 4.04. The molecule has 1 heterocycles. The average Bonchev–Trinajstić information content (AvgIpc) is 2.62. The summed E-state index contributed by atoms with van der Waals surface area (Å²) in [7, 11) is 0. The fraction of sp³-hybridized carbons (Fsp3) is 0.400. The van der Waals surface area contributed by atoms with Gasteiger partial charge in [-0.2, -0.15) is 0 Å². The van der Waals surface area contributed by atoms with Crippen LogP contribution in [0.2, 0.25) is 0 Å². The minimum Gasteiger partial charge on any atom is -0.358 e. The topological polar surface area (TPSA) is 28.1 Å². The number of aromatic nitrogens is 1. The molecule has 0 atom stereocenters. The minimum absolute atomic E-state index is 0.689. The Morgan fingerprint density at radius 2 is 1.53 bits per heavy atom. The second kappa shape index (κ2) is 4.02. The molecule has 0 spiro atoms. The molecule has 0 aliphatic rings. The van der Waals surface area contributed by atoms with Crippen LogP contribution in [0.5, 0.6) is 0 Å². The van der Waals surface area contributed by atoms with Crippen LogP contribution in [-0.2, 0) is 6.54 Å². The number of hydrogen-bond donors (Lipinski definition) is 1. The zero-order valence-electron chi connectivity index (χ0n) is 11.4. The van der Waals surface area contributed by atoms with Gasteiger partial charge in [0.2, 0.25) is 0 Å². The number of hydrogen-bond acceptors (Lipinski definition) is 1. The van der Waals surface area contributed by atoms with Gasteiger partial charge in [0.25, 0.3) is 0 Å². The first kappa shape index (κ1) is 11.9. The fourth-order valence-electron chi connectivity index (χ4n) is 2.61. The standard InChI is InChI=1S/C15H20N2/c1-8-9(2)11(4)15-14(10(8)3)13(7-16-6)12(5)17-15/h17H,6-7H2,1-5H3. The fourth-order valence-corrected chi connectivity index (χ4v) is 2.61. The average molecular weight is 228 g/mol. The molecule has 0 aliphatic heterocycles. The Balaban J connectivity index is 2.96. The summed E-state index contributed by atoms with van der Waals surface area (Å²) in [6.07, 6.45) is 0. The van der Waals surface area contributed by atoms with Crippen molar-refractivity contribution >= 4 is 17.6 Å². The van der Waals surface area contributed by atoms with E-state index in [1.54, 1.807) is 0 Å². The number of H-pyrrole nitrogens is 1. The van der Waals surface area contributed by atoms with E-state index in [9.17, 15) is 0 Å². The summed E-state index contributed by atoms with van der Waals surface area (Å²) in [6.45, 7) is 15.2. The molecule has 0 bridgehead atoms. The van der Waals surface area contributed by atoms with Gasteiger partial charge in [0.15, 0.2) is 0 Å². The van der Waals surface area contributed by atoms with Gasteiger partial charge in [-0.15, -0.1) is 0 Å². The summed E-state index contributed by atoms with van der Waals surface area (Å²) in [5.41, 5.74) is 9.25. The third-order valence-electron chi connectivity index (χ3n) is 4.02. The Kier molecular flexibility index (Phi) is 2.82. The van der Waals surface area contributed by atoms with E-state index in [0.717, 1.165) is 0 Å². The number of aromatic amines is 1. The van der Waals surface area contributed by atoms with Gasteiger partial charge in [0, 0.05) is 22.2 Å². The lowest BCUT2D eigenvalue weighted by Crippen LogP contribution is -1.94. The van der Waals surface area contributed by atoms with Gasteiger partial charge in [0.05, 0.1) is 6.54 Å². The zero-order chi connectivity index (χ0) is 12.7. The molecule has 0 saturated carbocycles. The molecule has 1 aromatic heterocycles. The van der Waals surface area contributed by atoms with Gasteiger partial charge in [-0.25, -0.2) is 0 Å². The molecule has 2 rings (SSSR count). The first-order chi connectivity index (χ1) is 7.99. The van der Waals surface area contributed by atoms with Gasteiger partial charge in [0.1, 0.15) is 0 Å². The van der Waals surface area contributed by atoms with Gasteiger partial charge in [-0.05, 0) is 63.6 Å². The van der Waals surface area contributed by atoms with Gasteiger partial charge >= 0.3 is 0 Å².